The van der Waals surface area contributed by atoms with Gasteiger partial charge >= 0.3 is 12.1 Å². The van der Waals surface area contributed by atoms with Crippen molar-refractivity contribution in [1.82, 2.24) is 10.3 Å². The molecule has 21 heavy (non-hydrogen) atoms. The lowest BCUT2D eigenvalue weighted by molar-refractivity contribution is 0.0510. The Balaban J connectivity index is 2.48. The van der Waals surface area contributed by atoms with Crippen LogP contribution in [0.2, 0.25) is 0 Å². The molecule has 8 heteroatoms. The highest BCUT2D eigenvalue weighted by Gasteiger charge is 2.18. The Kier molecular flexibility index (Phi) is 6.60. The van der Waals surface area contributed by atoms with Crippen molar-refractivity contribution in [3.05, 3.63) is 14.5 Å². The topological polar surface area (TPSA) is 77.5 Å². The number of carbonyl (C=O) groups excluding carboxylic acids is 2. The largest absolute Gasteiger partial charge is 0.461 e. The first-order valence-electron chi connectivity index (χ1n) is 6.52. The summed E-state index contributed by atoms with van der Waals surface area (Å²) in [6.07, 6.45) is 0.0470. The van der Waals surface area contributed by atoms with Gasteiger partial charge in [-0.1, -0.05) is 0 Å². The van der Waals surface area contributed by atoms with E-state index >= 15 is 0 Å². The number of nitrogens with zero attached hydrogens (tertiary/aromatic N) is 1. The van der Waals surface area contributed by atoms with Gasteiger partial charge in [0.2, 0.25) is 0 Å². The van der Waals surface area contributed by atoms with Gasteiger partial charge < -0.3 is 14.8 Å². The van der Waals surface area contributed by atoms with Crippen LogP contribution in [0.3, 0.4) is 0 Å². The van der Waals surface area contributed by atoms with Crippen molar-refractivity contribution in [3.63, 3.8) is 0 Å². The molecular formula is C13H19BrN2O4S. The summed E-state index contributed by atoms with van der Waals surface area (Å²) in [6.45, 7) is 7.84. The van der Waals surface area contributed by atoms with Gasteiger partial charge in [0.25, 0.3) is 0 Å². The molecule has 0 aliphatic heterocycles. The zero-order valence-corrected chi connectivity index (χ0v) is 14.9. The van der Waals surface area contributed by atoms with E-state index in [4.69, 9.17) is 9.47 Å². The Morgan fingerprint density at radius 3 is 2.62 bits per heavy atom. The highest BCUT2D eigenvalue weighted by Crippen LogP contribution is 2.25. The summed E-state index contributed by atoms with van der Waals surface area (Å²) in [4.78, 5) is 27.3. The van der Waals surface area contributed by atoms with Crippen molar-refractivity contribution in [1.29, 1.82) is 0 Å². The molecule has 0 saturated heterocycles. The molecule has 0 aliphatic rings. The number of halogens is 1. The summed E-state index contributed by atoms with van der Waals surface area (Å²) in [5.41, 5.74) is -0.250. The van der Waals surface area contributed by atoms with Crippen LogP contribution in [0.25, 0.3) is 0 Å². The smallest absolute Gasteiger partial charge is 0.407 e. The second-order valence-corrected chi connectivity index (χ2v) is 7.53. The van der Waals surface area contributed by atoms with Crippen LogP contribution in [0.15, 0.2) is 3.79 Å². The Morgan fingerprint density at radius 2 is 2.05 bits per heavy atom. The Hall–Kier alpha value is -1.15. The maximum Gasteiger partial charge on any atom is 0.407 e. The Labute approximate surface area is 136 Å². The number of hydrogen-bond donors (Lipinski definition) is 1. The van der Waals surface area contributed by atoms with Crippen LogP contribution in [0.4, 0.5) is 4.79 Å². The average molecular weight is 379 g/mol. The Bertz CT molecular complexity index is 511. The van der Waals surface area contributed by atoms with Crippen LogP contribution in [-0.2, 0) is 15.9 Å². The molecule has 118 valence electrons. The Morgan fingerprint density at radius 1 is 1.38 bits per heavy atom. The van der Waals surface area contributed by atoms with E-state index < -0.39 is 17.7 Å². The molecule has 1 N–H and O–H groups in total. The molecule has 0 fully saturated rings. The number of esters is 1. The minimum Gasteiger partial charge on any atom is -0.461 e. The average Bonchev–Trinajstić information content (AvgIpc) is 2.68. The number of amides is 1. The van der Waals surface area contributed by atoms with E-state index in [0.717, 1.165) is 5.01 Å². The van der Waals surface area contributed by atoms with Gasteiger partial charge in [0.1, 0.15) is 9.39 Å². The fourth-order valence-corrected chi connectivity index (χ4v) is 2.95. The highest BCUT2D eigenvalue weighted by molar-refractivity contribution is 9.11. The molecule has 0 aromatic carbocycles. The van der Waals surface area contributed by atoms with Crippen LogP contribution in [0.5, 0.6) is 0 Å². The summed E-state index contributed by atoms with van der Waals surface area (Å²) in [7, 11) is 0. The fraction of sp³-hybridized carbons (Fsp3) is 0.615. The number of hydrogen-bond acceptors (Lipinski definition) is 6. The summed E-state index contributed by atoms with van der Waals surface area (Å²) in [6, 6.07) is 0. The number of ether oxygens (including phenoxy) is 2. The lowest BCUT2D eigenvalue weighted by atomic mass is 10.2. The first-order chi connectivity index (χ1) is 9.73. The SMILES string of the molecule is CCOC(=O)c1nc(CCNC(=O)OC(C)(C)C)sc1Br. The van der Waals surface area contributed by atoms with E-state index in [0.29, 0.717) is 23.4 Å². The number of nitrogens with one attached hydrogen (secondary N) is 1. The van der Waals surface area contributed by atoms with E-state index in [-0.39, 0.29) is 5.69 Å². The van der Waals surface area contributed by atoms with Crippen LogP contribution >= 0.6 is 27.3 Å². The second-order valence-electron chi connectivity index (χ2n) is 5.13. The van der Waals surface area contributed by atoms with Gasteiger partial charge in [-0.3, -0.25) is 0 Å². The second kappa shape index (κ2) is 7.74. The first-order valence-corrected chi connectivity index (χ1v) is 8.13. The van der Waals surface area contributed by atoms with Gasteiger partial charge in [-0.2, -0.15) is 0 Å². The molecule has 0 spiro atoms. The lowest BCUT2D eigenvalue weighted by Gasteiger charge is -2.19. The van der Waals surface area contributed by atoms with Crippen LogP contribution < -0.4 is 5.32 Å². The summed E-state index contributed by atoms with van der Waals surface area (Å²) in [5, 5.41) is 3.38. The molecule has 1 aromatic rings. The minimum absolute atomic E-state index is 0.272. The first kappa shape index (κ1) is 17.9. The summed E-state index contributed by atoms with van der Waals surface area (Å²) >= 11 is 4.64. The molecule has 0 atom stereocenters. The molecule has 0 saturated carbocycles. The van der Waals surface area contributed by atoms with E-state index in [1.54, 1.807) is 27.7 Å². The molecular weight excluding hydrogens is 360 g/mol. The molecule has 0 bridgehead atoms. The maximum atomic E-state index is 11.6. The fourth-order valence-electron chi connectivity index (χ4n) is 1.36. The third kappa shape index (κ3) is 6.43. The normalized spacial score (nSPS) is 11.1. The number of aromatic nitrogens is 1. The van der Waals surface area contributed by atoms with Gasteiger partial charge in [-0.25, -0.2) is 14.6 Å². The predicted octanol–water partition coefficient (Wildman–Crippen LogP) is 3.15. The molecule has 6 nitrogen and oxygen atoms in total. The lowest BCUT2D eigenvalue weighted by Crippen LogP contribution is -2.33. The molecule has 1 heterocycles. The quantitative estimate of drug-likeness (QED) is 0.796. The van der Waals surface area contributed by atoms with Crippen molar-refractivity contribution in [3.8, 4) is 0 Å². The molecule has 1 amide bonds. The molecule has 0 aliphatic carbocycles. The maximum absolute atomic E-state index is 11.6. The van der Waals surface area contributed by atoms with Crippen molar-refractivity contribution in [2.45, 2.75) is 39.7 Å². The number of thiazole rings is 1. The van der Waals surface area contributed by atoms with Crippen LogP contribution in [0.1, 0.15) is 43.2 Å². The minimum atomic E-state index is -0.522. The van der Waals surface area contributed by atoms with Crippen molar-refractivity contribution in [2.75, 3.05) is 13.2 Å². The van der Waals surface area contributed by atoms with Crippen molar-refractivity contribution < 1.29 is 19.1 Å². The van der Waals surface area contributed by atoms with E-state index in [2.05, 4.69) is 26.2 Å². The predicted molar refractivity (Wildman–Crippen MR) is 83.7 cm³/mol. The van der Waals surface area contributed by atoms with Crippen molar-refractivity contribution >= 4 is 39.3 Å². The zero-order valence-electron chi connectivity index (χ0n) is 12.5. The van der Waals surface area contributed by atoms with Gasteiger partial charge in [-0.15, -0.1) is 11.3 Å². The molecule has 0 unspecified atom stereocenters. The van der Waals surface area contributed by atoms with Gasteiger partial charge in [0, 0.05) is 13.0 Å². The summed E-state index contributed by atoms with van der Waals surface area (Å²) in [5.74, 6) is -0.452. The third-order valence-corrected chi connectivity index (χ3v) is 3.87. The zero-order chi connectivity index (χ0) is 16.0. The van der Waals surface area contributed by atoms with E-state index in [1.165, 1.54) is 11.3 Å². The molecule has 1 aromatic heterocycles. The van der Waals surface area contributed by atoms with Gasteiger partial charge in [-0.05, 0) is 43.6 Å². The van der Waals surface area contributed by atoms with Crippen LogP contribution in [-0.4, -0.2) is 35.8 Å². The number of alkyl carbamates (subject to hydrolysis) is 1. The van der Waals surface area contributed by atoms with E-state index in [9.17, 15) is 9.59 Å². The number of carbonyl (C=O) groups is 2. The highest BCUT2D eigenvalue weighted by atomic mass is 79.9. The third-order valence-electron chi connectivity index (χ3n) is 2.11. The standard InChI is InChI=1S/C13H19BrN2O4S/c1-5-19-11(17)9-10(14)21-8(16-9)6-7-15-12(18)20-13(2,3)4/h5-7H2,1-4H3,(H,15,18). The molecule has 0 radical (unpaired) electrons. The van der Waals surface area contributed by atoms with E-state index in [1.807, 2.05) is 0 Å². The number of rotatable bonds is 5. The summed E-state index contributed by atoms with van der Waals surface area (Å²) < 4.78 is 10.7. The van der Waals surface area contributed by atoms with Gasteiger partial charge in [0.05, 0.1) is 11.6 Å². The van der Waals surface area contributed by atoms with Crippen LogP contribution in [0, 0.1) is 0 Å². The monoisotopic (exact) mass is 378 g/mol. The molecule has 1 rings (SSSR count). The van der Waals surface area contributed by atoms with Gasteiger partial charge in [0.15, 0.2) is 5.69 Å². The van der Waals surface area contributed by atoms with Crippen molar-refractivity contribution in [2.24, 2.45) is 0 Å².